The normalized spacial score (nSPS) is 15.7. The lowest BCUT2D eigenvalue weighted by Crippen LogP contribution is -2.40. The maximum atomic E-state index is 13.2. The Balaban J connectivity index is 1.36. The first-order valence-corrected chi connectivity index (χ1v) is 13.5. The van der Waals surface area contributed by atoms with E-state index >= 15 is 0 Å². The molecule has 0 fully saturated rings. The molecule has 1 aromatic carbocycles. The van der Waals surface area contributed by atoms with Gasteiger partial charge in [0.25, 0.3) is 0 Å². The maximum absolute atomic E-state index is 13.2. The third-order valence-electron chi connectivity index (χ3n) is 5.75. The Labute approximate surface area is 200 Å². The smallest absolute Gasteiger partial charge is 0.233 e. The van der Waals surface area contributed by atoms with E-state index in [0.717, 1.165) is 42.5 Å². The van der Waals surface area contributed by atoms with Gasteiger partial charge >= 0.3 is 0 Å². The van der Waals surface area contributed by atoms with Crippen LogP contribution in [0, 0.1) is 0 Å². The molecule has 8 heteroatoms. The van der Waals surface area contributed by atoms with Crippen molar-refractivity contribution in [3.8, 4) is 5.69 Å². The fourth-order valence-electron chi connectivity index (χ4n) is 4.26. The molecule has 1 aliphatic heterocycles. The summed E-state index contributed by atoms with van der Waals surface area (Å²) in [5.41, 5.74) is 2.35. The van der Waals surface area contributed by atoms with Gasteiger partial charge in [-0.15, -0.1) is 32.9 Å². The Morgan fingerprint density at radius 3 is 2.75 bits per heavy atom. The van der Waals surface area contributed by atoms with Gasteiger partial charge in [0.1, 0.15) is 5.82 Å². The minimum Gasteiger partial charge on any atom is -0.335 e. The van der Waals surface area contributed by atoms with E-state index in [2.05, 4.69) is 67.7 Å². The molecule has 0 aliphatic carbocycles. The minimum atomic E-state index is 0.168. The van der Waals surface area contributed by atoms with E-state index in [4.69, 9.17) is 0 Å². The Kier molecular flexibility index (Phi) is 6.43. The van der Waals surface area contributed by atoms with Crippen molar-refractivity contribution in [1.82, 2.24) is 19.7 Å². The van der Waals surface area contributed by atoms with Crippen LogP contribution in [-0.2, 0) is 17.6 Å². The second-order valence-corrected chi connectivity index (χ2v) is 10.7. The number of aromatic nitrogens is 3. The lowest BCUT2D eigenvalue weighted by Gasteiger charge is -2.35. The molecule has 4 aromatic rings. The van der Waals surface area contributed by atoms with Crippen LogP contribution in [-0.4, -0.2) is 37.9 Å². The molecule has 164 valence electrons. The van der Waals surface area contributed by atoms with Crippen molar-refractivity contribution in [2.24, 2.45) is 0 Å². The predicted octanol–water partition coefficient (Wildman–Crippen LogP) is 5.61. The molecule has 1 aliphatic rings. The molecular formula is C24H24N4OS3. The van der Waals surface area contributed by atoms with Crippen LogP contribution in [0.1, 0.15) is 40.5 Å². The highest BCUT2D eigenvalue weighted by Crippen LogP contribution is 2.36. The number of rotatable bonds is 7. The van der Waals surface area contributed by atoms with E-state index < -0.39 is 0 Å². The fourth-order valence-corrected chi connectivity index (χ4v) is 6.74. The van der Waals surface area contributed by atoms with E-state index in [1.165, 1.54) is 27.1 Å². The Bertz CT molecular complexity index is 1180. The number of hydrogen-bond donors (Lipinski definition) is 0. The molecule has 0 bridgehead atoms. The quantitative estimate of drug-likeness (QED) is 0.323. The lowest BCUT2D eigenvalue weighted by molar-refractivity contribution is -0.131. The molecule has 3 aromatic heterocycles. The van der Waals surface area contributed by atoms with Gasteiger partial charge < -0.3 is 4.90 Å². The lowest BCUT2D eigenvalue weighted by atomic mass is 9.98. The largest absolute Gasteiger partial charge is 0.335 e. The summed E-state index contributed by atoms with van der Waals surface area (Å²) in [6.07, 6.45) is 2.61. The van der Waals surface area contributed by atoms with Crippen LogP contribution in [0.15, 0.2) is 64.4 Å². The van der Waals surface area contributed by atoms with Crippen molar-refractivity contribution in [3.63, 3.8) is 0 Å². The fraction of sp³-hybridized carbons (Fsp3) is 0.292. The number of hydrogen-bond acceptors (Lipinski definition) is 6. The van der Waals surface area contributed by atoms with Gasteiger partial charge in [0.05, 0.1) is 11.8 Å². The number of carbonyl (C=O) groups is 1. The van der Waals surface area contributed by atoms with Crippen molar-refractivity contribution in [2.75, 3.05) is 12.3 Å². The zero-order valence-corrected chi connectivity index (χ0v) is 20.3. The predicted molar refractivity (Wildman–Crippen MR) is 132 cm³/mol. The number of nitrogens with zero attached hydrogens (tertiary/aromatic N) is 4. The summed E-state index contributed by atoms with van der Waals surface area (Å²) in [6.45, 7) is 2.95. The molecule has 5 nitrogen and oxygen atoms in total. The number of carbonyl (C=O) groups excluding carboxylic acids is 1. The molecule has 0 radical (unpaired) electrons. The van der Waals surface area contributed by atoms with Gasteiger partial charge in [-0.2, -0.15) is 0 Å². The van der Waals surface area contributed by atoms with Crippen LogP contribution in [0.25, 0.3) is 5.69 Å². The summed E-state index contributed by atoms with van der Waals surface area (Å²) in [7, 11) is 0. The molecule has 1 atom stereocenters. The summed E-state index contributed by atoms with van der Waals surface area (Å²) in [5, 5.41) is 13.9. The van der Waals surface area contributed by atoms with Crippen LogP contribution < -0.4 is 0 Å². The molecule has 32 heavy (non-hydrogen) atoms. The van der Waals surface area contributed by atoms with Crippen LogP contribution in [0.5, 0.6) is 0 Å². The van der Waals surface area contributed by atoms with Gasteiger partial charge in [0, 0.05) is 28.4 Å². The number of fused-ring (bicyclic) bond motifs is 1. The van der Waals surface area contributed by atoms with Crippen LogP contribution >= 0.6 is 34.4 Å². The highest BCUT2D eigenvalue weighted by Gasteiger charge is 2.30. The van der Waals surface area contributed by atoms with Gasteiger partial charge in [-0.25, -0.2) is 0 Å². The molecule has 0 saturated heterocycles. The standard InChI is InChI=1S/C24H24N4OS3/c1-2-20-19-11-14-31-21(19)10-12-27(20)23(29)16-32-24-26-25-22(15-18-9-6-13-30-18)28(24)17-7-4-3-5-8-17/h3-9,11,13-14,20H,2,10,12,15-16H2,1H3. The summed E-state index contributed by atoms with van der Waals surface area (Å²) in [4.78, 5) is 18.0. The minimum absolute atomic E-state index is 0.168. The van der Waals surface area contributed by atoms with Crippen LogP contribution in [0.3, 0.4) is 0 Å². The van der Waals surface area contributed by atoms with E-state index in [0.29, 0.717) is 5.75 Å². The highest BCUT2D eigenvalue weighted by molar-refractivity contribution is 7.99. The van der Waals surface area contributed by atoms with Gasteiger partial charge in [0.2, 0.25) is 5.91 Å². The first kappa shape index (κ1) is 21.4. The SMILES string of the molecule is CCC1c2ccsc2CCN1C(=O)CSc1nnc(Cc2cccs2)n1-c1ccccc1. The summed E-state index contributed by atoms with van der Waals surface area (Å²) >= 11 is 5.00. The number of benzene rings is 1. The second-order valence-electron chi connectivity index (χ2n) is 7.67. The topological polar surface area (TPSA) is 51.0 Å². The molecule has 0 N–H and O–H groups in total. The van der Waals surface area contributed by atoms with Crippen LogP contribution in [0.2, 0.25) is 0 Å². The molecular weight excluding hydrogens is 456 g/mol. The van der Waals surface area contributed by atoms with E-state index in [-0.39, 0.29) is 11.9 Å². The number of amides is 1. The van der Waals surface area contributed by atoms with Crippen molar-refractivity contribution in [2.45, 2.75) is 37.4 Å². The molecule has 0 spiro atoms. The number of thiophene rings is 2. The summed E-state index contributed by atoms with van der Waals surface area (Å²) in [6, 6.07) is 16.7. The van der Waals surface area contributed by atoms with Gasteiger partial charge in [0.15, 0.2) is 5.16 Å². The van der Waals surface area contributed by atoms with E-state index in [1.54, 1.807) is 11.3 Å². The van der Waals surface area contributed by atoms with Gasteiger partial charge in [-0.3, -0.25) is 9.36 Å². The first-order valence-electron chi connectivity index (χ1n) is 10.7. The average Bonchev–Trinajstić information content (AvgIpc) is 3.58. The molecule has 5 rings (SSSR count). The number of thioether (sulfide) groups is 1. The van der Waals surface area contributed by atoms with Crippen molar-refractivity contribution >= 4 is 40.3 Å². The van der Waals surface area contributed by atoms with Crippen molar-refractivity contribution < 1.29 is 4.79 Å². The Hall–Kier alpha value is -2.42. The second kappa shape index (κ2) is 9.60. The maximum Gasteiger partial charge on any atom is 0.233 e. The molecule has 4 heterocycles. The summed E-state index contributed by atoms with van der Waals surface area (Å²) < 4.78 is 2.09. The third kappa shape index (κ3) is 4.27. The Morgan fingerprint density at radius 1 is 1.09 bits per heavy atom. The third-order valence-corrected chi connectivity index (χ3v) is 8.54. The first-order chi connectivity index (χ1) is 15.7. The molecule has 0 saturated carbocycles. The van der Waals surface area contributed by atoms with Crippen LogP contribution in [0.4, 0.5) is 0 Å². The zero-order valence-electron chi connectivity index (χ0n) is 17.8. The van der Waals surface area contributed by atoms with E-state index in [1.807, 2.05) is 29.5 Å². The highest BCUT2D eigenvalue weighted by atomic mass is 32.2. The molecule has 1 unspecified atom stereocenters. The van der Waals surface area contributed by atoms with Crippen molar-refractivity contribution in [3.05, 3.63) is 80.4 Å². The van der Waals surface area contributed by atoms with Crippen molar-refractivity contribution in [1.29, 1.82) is 0 Å². The number of para-hydroxylation sites is 1. The van der Waals surface area contributed by atoms with E-state index in [9.17, 15) is 4.79 Å². The van der Waals surface area contributed by atoms with Gasteiger partial charge in [-0.1, -0.05) is 43.0 Å². The Morgan fingerprint density at radius 2 is 1.97 bits per heavy atom. The molecule has 1 amide bonds. The summed E-state index contributed by atoms with van der Waals surface area (Å²) in [5.74, 6) is 1.42. The monoisotopic (exact) mass is 480 g/mol. The van der Waals surface area contributed by atoms with Gasteiger partial charge in [-0.05, 0) is 53.4 Å². The zero-order chi connectivity index (χ0) is 21.9. The average molecular weight is 481 g/mol.